The van der Waals surface area contributed by atoms with Crippen LogP contribution >= 0.6 is 15.9 Å². The van der Waals surface area contributed by atoms with E-state index < -0.39 is 5.97 Å². The zero-order valence-electron chi connectivity index (χ0n) is 11.2. The van der Waals surface area contributed by atoms with Gasteiger partial charge < -0.3 is 15.3 Å². The molecule has 20 heavy (non-hydrogen) atoms. The molecule has 6 heteroatoms. The lowest BCUT2D eigenvalue weighted by molar-refractivity contribution is 0.0696. The minimum atomic E-state index is -1.02. The number of hydrogen-bond donors (Lipinski definition) is 2. The molecule has 0 heterocycles. The van der Waals surface area contributed by atoms with E-state index >= 15 is 0 Å². The fourth-order valence-electron chi connectivity index (χ4n) is 2.06. The number of urea groups is 1. The van der Waals surface area contributed by atoms with Gasteiger partial charge in [0.25, 0.3) is 0 Å². The standard InChI is InChI=1S/C14H17BrN2O3/c1-2-5-17(12-3-4-12)14(20)16-11-7-9(13(18)19)6-10(15)8-11/h6-8,12H,2-5H2,1H3,(H,16,20)(H,18,19). The van der Waals surface area contributed by atoms with Gasteiger partial charge in [-0.2, -0.15) is 0 Å². The number of carbonyl (C=O) groups is 2. The van der Waals surface area contributed by atoms with Crippen LogP contribution in [0.2, 0.25) is 0 Å². The molecule has 1 aromatic rings. The number of carboxylic acids is 1. The van der Waals surface area contributed by atoms with Gasteiger partial charge in [0.05, 0.1) is 5.56 Å². The van der Waals surface area contributed by atoms with E-state index in [1.54, 1.807) is 6.07 Å². The molecular formula is C14H17BrN2O3. The van der Waals surface area contributed by atoms with Crippen molar-refractivity contribution >= 4 is 33.6 Å². The van der Waals surface area contributed by atoms with E-state index in [1.807, 2.05) is 11.8 Å². The van der Waals surface area contributed by atoms with Crippen LogP contribution in [-0.4, -0.2) is 34.6 Å². The molecule has 0 saturated heterocycles. The predicted molar refractivity (Wildman–Crippen MR) is 80.1 cm³/mol. The van der Waals surface area contributed by atoms with Crippen LogP contribution in [0.4, 0.5) is 10.5 Å². The van der Waals surface area contributed by atoms with E-state index in [2.05, 4.69) is 21.2 Å². The van der Waals surface area contributed by atoms with Crippen molar-refractivity contribution in [2.45, 2.75) is 32.2 Å². The van der Waals surface area contributed by atoms with E-state index in [1.165, 1.54) is 12.1 Å². The maximum Gasteiger partial charge on any atom is 0.335 e. The first kappa shape index (κ1) is 14.8. The highest BCUT2D eigenvalue weighted by atomic mass is 79.9. The zero-order chi connectivity index (χ0) is 14.7. The van der Waals surface area contributed by atoms with E-state index in [-0.39, 0.29) is 11.6 Å². The van der Waals surface area contributed by atoms with Crippen molar-refractivity contribution in [2.75, 3.05) is 11.9 Å². The maximum absolute atomic E-state index is 12.2. The van der Waals surface area contributed by atoms with Gasteiger partial charge in [-0.3, -0.25) is 0 Å². The molecule has 2 rings (SSSR count). The summed E-state index contributed by atoms with van der Waals surface area (Å²) in [5, 5.41) is 11.8. The number of benzene rings is 1. The van der Waals surface area contributed by atoms with Crippen LogP contribution in [0.3, 0.4) is 0 Å². The Labute approximate surface area is 126 Å². The number of carboxylic acid groups (broad SMARTS) is 1. The molecule has 0 unspecified atom stereocenters. The Morgan fingerprint density at radius 3 is 2.65 bits per heavy atom. The third kappa shape index (κ3) is 3.72. The average Bonchev–Trinajstić information content (AvgIpc) is 3.19. The van der Waals surface area contributed by atoms with Crippen molar-refractivity contribution in [3.05, 3.63) is 28.2 Å². The van der Waals surface area contributed by atoms with Crippen molar-refractivity contribution in [3.8, 4) is 0 Å². The van der Waals surface area contributed by atoms with Crippen molar-refractivity contribution in [1.29, 1.82) is 0 Å². The normalized spacial score (nSPS) is 13.9. The molecule has 1 fully saturated rings. The summed E-state index contributed by atoms with van der Waals surface area (Å²) in [5.41, 5.74) is 0.631. The summed E-state index contributed by atoms with van der Waals surface area (Å²) < 4.78 is 0.626. The molecule has 0 aromatic heterocycles. The van der Waals surface area contributed by atoms with E-state index in [0.717, 1.165) is 25.8 Å². The summed E-state index contributed by atoms with van der Waals surface area (Å²) in [4.78, 5) is 25.1. The highest BCUT2D eigenvalue weighted by Gasteiger charge is 2.31. The third-order valence-corrected chi connectivity index (χ3v) is 3.57. The Morgan fingerprint density at radius 1 is 1.40 bits per heavy atom. The Hall–Kier alpha value is -1.56. The highest BCUT2D eigenvalue weighted by molar-refractivity contribution is 9.10. The van der Waals surface area contributed by atoms with Crippen LogP contribution in [0.15, 0.2) is 22.7 Å². The minimum Gasteiger partial charge on any atom is -0.478 e. The minimum absolute atomic E-state index is 0.142. The number of aromatic carboxylic acids is 1. The Bertz CT molecular complexity index is 529. The molecule has 0 bridgehead atoms. The number of rotatable bonds is 5. The lowest BCUT2D eigenvalue weighted by Gasteiger charge is -2.22. The monoisotopic (exact) mass is 340 g/mol. The van der Waals surface area contributed by atoms with Gasteiger partial charge in [0.15, 0.2) is 0 Å². The molecule has 5 nitrogen and oxygen atoms in total. The van der Waals surface area contributed by atoms with Gasteiger partial charge in [-0.1, -0.05) is 22.9 Å². The molecule has 0 aliphatic heterocycles. The van der Waals surface area contributed by atoms with Crippen molar-refractivity contribution < 1.29 is 14.7 Å². The van der Waals surface area contributed by atoms with Gasteiger partial charge >= 0.3 is 12.0 Å². The summed E-state index contributed by atoms with van der Waals surface area (Å²) in [6, 6.07) is 4.83. The van der Waals surface area contributed by atoms with Gasteiger partial charge in [0.1, 0.15) is 0 Å². The fraction of sp³-hybridized carbons (Fsp3) is 0.429. The maximum atomic E-state index is 12.2. The number of nitrogens with one attached hydrogen (secondary N) is 1. The second-order valence-electron chi connectivity index (χ2n) is 4.89. The topological polar surface area (TPSA) is 69.6 Å². The van der Waals surface area contributed by atoms with Crippen molar-refractivity contribution in [1.82, 2.24) is 4.90 Å². The SMILES string of the molecule is CCCN(C(=O)Nc1cc(Br)cc(C(=O)O)c1)C1CC1. The highest BCUT2D eigenvalue weighted by Crippen LogP contribution is 2.28. The van der Waals surface area contributed by atoms with Gasteiger partial charge in [-0.05, 0) is 37.5 Å². The number of halogens is 1. The van der Waals surface area contributed by atoms with Gasteiger partial charge in [-0.25, -0.2) is 9.59 Å². The second kappa shape index (κ2) is 6.26. The summed E-state index contributed by atoms with van der Waals surface area (Å²) in [6.45, 7) is 2.75. The van der Waals surface area contributed by atoms with Gasteiger partial charge in [-0.15, -0.1) is 0 Å². The number of anilines is 1. The quantitative estimate of drug-likeness (QED) is 0.860. The van der Waals surface area contributed by atoms with E-state index in [0.29, 0.717) is 16.2 Å². The first-order valence-electron chi connectivity index (χ1n) is 6.62. The summed E-state index contributed by atoms with van der Waals surface area (Å²) >= 11 is 3.25. The lowest BCUT2D eigenvalue weighted by Crippen LogP contribution is -2.37. The molecule has 108 valence electrons. The summed E-state index contributed by atoms with van der Waals surface area (Å²) in [7, 11) is 0. The average molecular weight is 341 g/mol. The lowest BCUT2D eigenvalue weighted by atomic mass is 10.2. The number of nitrogens with zero attached hydrogens (tertiary/aromatic N) is 1. The molecule has 2 N–H and O–H groups in total. The largest absolute Gasteiger partial charge is 0.478 e. The van der Waals surface area contributed by atoms with Crippen molar-refractivity contribution in [2.24, 2.45) is 0 Å². The molecule has 1 aliphatic rings. The zero-order valence-corrected chi connectivity index (χ0v) is 12.8. The molecule has 2 amide bonds. The number of amides is 2. The van der Waals surface area contributed by atoms with E-state index in [9.17, 15) is 9.59 Å². The Balaban J connectivity index is 2.12. The molecule has 0 spiro atoms. The molecule has 1 aromatic carbocycles. The Kier molecular flexibility index (Phi) is 4.65. The van der Waals surface area contributed by atoms with Crippen molar-refractivity contribution in [3.63, 3.8) is 0 Å². The van der Waals surface area contributed by atoms with Crippen LogP contribution in [0.1, 0.15) is 36.5 Å². The molecule has 0 atom stereocenters. The first-order valence-corrected chi connectivity index (χ1v) is 7.42. The molecule has 0 radical (unpaired) electrons. The van der Waals surface area contributed by atoms with Crippen LogP contribution in [0.25, 0.3) is 0 Å². The number of hydrogen-bond acceptors (Lipinski definition) is 2. The van der Waals surface area contributed by atoms with Crippen LogP contribution < -0.4 is 5.32 Å². The van der Waals surface area contributed by atoms with Crippen LogP contribution in [-0.2, 0) is 0 Å². The van der Waals surface area contributed by atoms with Gasteiger partial charge in [0, 0.05) is 22.7 Å². The Morgan fingerprint density at radius 2 is 2.10 bits per heavy atom. The first-order chi connectivity index (χ1) is 9.51. The predicted octanol–water partition coefficient (Wildman–Crippen LogP) is 3.55. The summed E-state index contributed by atoms with van der Waals surface area (Å²) in [5.74, 6) is -1.02. The van der Waals surface area contributed by atoms with E-state index in [4.69, 9.17) is 5.11 Å². The van der Waals surface area contributed by atoms with Crippen LogP contribution in [0, 0.1) is 0 Å². The smallest absolute Gasteiger partial charge is 0.335 e. The summed E-state index contributed by atoms with van der Waals surface area (Å²) in [6.07, 6.45) is 3.00. The van der Waals surface area contributed by atoms with Gasteiger partial charge in [0.2, 0.25) is 0 Å². The molecular weight excluding hydrogens is 324 g/mol. The number of carbonyl (C=O) groups excluding carboxylic acids is 1. The third-order valence-electron chi connectivity index (χ3n) is 3.11. The molecule has 1 saturated carbocycles. The fourth-order valence-corrected chi connectivity index (χ4v) is 2.55. The second-order valence-corrected chi connectivity index (χ2v) is 5.80. The molecule has 1 aliphatic carbocycles. The van der Waals surface area contributed by atoms with Crippen LogP contribution in [0.5, 0.6) is 0 Å².